The Bertz CT molecular complexity index is 759. The Morgan fingerprint density at radius 2 is 2.19 bits per heavy atom. The average Bonchev–Trinajstić information content (AvgIpc) is 2.64. The van der Waals surface area contributed by atoms with E-state index in [-0.39, 0.29) is 25.4 Å². The van der Waals surface area contributed by atoms with E-state index in [2.05, 4.69) is 5.32 Å². The highest BCUT2D eigenvalue weighted by Crippen LogP contribution is 2.36. The highest BCUT2D eigenvalue weighted by Gasteiger charge is 2.22. The Hall–Kier alpha value is -2.40. The number of thiophene rings is 1. The van der Waals surface area contributed by atoms with Crippen LogP contribution in [0.25, 0.3) is 10.1 Å². The molecule has 6 nitrogen and oxygen atoms in total. The lowest BCUT2D eigenvalue weighted by molar-refractivity contribution is -0.605. The Balaban J connectivity index is 2.44. The first kappa shape index (κ1) is 15.0. The molecule has 21 heavy (non-hydrogen) atoms. The van der Waals surface area contributed by atoms with E-state index in [1.807, 2.05) is 6.07 Å². The van der Waals surface area contributed by atoms with Gasteiger partial charge in [-0.15, -0.1) is 11.3 Å². The van der Waals surface area contributed by atoms with Gasteiger partial charge in [0.25, 0.3) is 0 Å². The molecule has 0 aromatic carbocycles. The van der Waals surface area contributed by atoms with Crippen molar-refractivity contribution < 1.29 is 18.7 Å². The van der Waals surface area contributed by atoms with E-state index in [9.17, 15) is 14.4 Å². The van der Waals surface area contributed by atoms with Crippen LogP contribution in [0.4, 0.5) is 14.2 Å². The molecule has 0 radical (unpaired) electrons. The number of hydrogen-bond acceptors (Lipinski definition) is 5. The molecule has 2 heterocycles. The van der Waals surface area contributed by atoms with E-state index in [0.29, 0.717) is 0 Å². The van der Waals surface area contributed by atoms with Gasteiger partial charge in [0.2, 0.25) is 12.0 Å². The van der Waals surface area contributed by atoms with Gasteiger partial charge in [-0.1, -0.05) is 0 Å². The van der Waals surface area contributed by atoms with E-state index in [1.54, 1.807) is 20.8 Å². The van der Waals surface area contributed by atoms with Crippen molar-refractivity contribution in [2.45, 2.75) is 26.4 Å². The van der Waals surface area contributed by atoms with Gasteiger partial charge in [-0.3, -0.25) is 5.32 Å². The zero-order chi connectivity index (χ0) is 15.8. The third-order valence-electron chi connectivity index (χ3n) is 2.39. The number of pyridine rings is 1. The van der Waals surface area contributed by atoms with Crippen LogP contribution in [0.15, 0.2) is 12.4 Å². The largest absolute Gasteiger partial charge is 0.619 e. The van der Waals surface area contributed by atoms with E-state index < -0.39 is 17.5 Å². The Morgan fingerprint density at radius 3 is 2.76 bits per heavy atom. The fourth-order valence-electron chi connectivity index (χ4n) is 1.67. The van der Waals surface area contributed by atoms with E-state index in [0.717, 1.165) is 23.7 Å². The molecule has 8 heteroatoms. The molecule has 1 N–H and O–H groups in total. The smallest absolute Gasteiger partial charge is 0.412 e. The highest BCUT2D eigenvalue weighted by molar-refractivity contribution is 7.23. The van der Waals surface area contributed by atoms with E-state index >= 15 is 0 Å². The summed E-state index contributed by atoms with van der Waals surface area (Å²) in [5.74, 6) is -0.749. The molecular formula is C13H12FN3O3S. The van der Waals surface area contributed by atoms with Crippen molar-refractivity contribution in [3.63, 3.8) is 0 Å². The third kappa shape index (κ3) is 3.20. The highest BCUT2D eigenvalue weighted by atomic mass is 32.1. The number of anilines is 1. The summed E-state index contributed by atoms with van der Waals surface area (Å²) in [4.78, 5) is 11.7. The molecule has 0 spiro atoms. The first-order valence-electron chi connectivity index (χ1n) is 5.96. The maximum Gasteiger partial charge on any atom is 0.412 e. The van der Waals surface area contributed by atoms with Gasteiger partial charge < -0.3 is 9.94 Å². The zero-order valence-corrected chi connectivity index (χ0v) is 12.4. The van der Waals surface area contributed by atoms with Crippen LogP contribution >= 0.6 is 11.3 Å². The van der Waals surface area contributed by atoms with Crippen LogP contribution in [0, 0.1) is 22.4 Å². The van der Waals surface area contributed by atoms with Gasteiger partial charge in [0.15, 0.2) is 6.20 Å². The Kier molecular flexibility index (Phi) is 3.70. The van der Waals surface area contributed by atoms with Crippen molar-refractivity contribution in [2.24, 2.45) is 0 Å². The van der Waals surface area contributed by atoms with Gasteiger partial charge >= 0.3 is 6.09 Å². The van der Waals surface area contributed by atoms with Crippen LogP contribution in [-0.2, 0) is 4.74 Å². The molecule has 2 rings (SSSR count). The fraction of sp³-hybridized carbons (Fsp3) is 0.308. The van der Waals surface area contributed by atoms with Gasteiger partial charge in [-0.05, 0) is 20.8 Å². The molecule has 0 aliphatic carbocycles. The number of carbonyl (C=O) groups is 1. The van der Waals surface area contributed by atoms with E-state index in [4.69, 9.17) is 10.00 Å². The van der Waals surface area contributed by atoms with E-state index in [1.165, 1.54) is 0 Å². The summed E-state index contributed by atoms with van der Waals surface area (Å²) in [6.07, 6.45) is 1.10. The van der Waals surface area contributed by atoms with Crippen molar-refractivity contribution in [1.82, 2.24) is 0 Å². The number of nitrogens with zero attached hydrogens (tertiary/aromatic N) is 2. The van der Waals surface area contributed by atoms with Crippen molar-refractivity contribution >= 4 is 32.5 Å². The van der Waals surface area contributed by atoms with Gasteiger partial charge in [0, 0.05) is 0 Å². The molecule has 0 unspecified atom stereocenters. The number of carbonyl (C=O) groups excluding carboxylic acids is 1. The predicted molar refractivity (Wildman–Crippen MR) is 75.3 cm³/mol. The molecule has 0 fully saturated rings. The number of nitrogens with one attached hydrogen (secondary N) is 1. The minimum Gasteiger partial charge on any atom is -0.619 e. The molecular weight excluding hydrogens is 297 g/mol. The van der Waals surface area contributed by atoms with Gasteiger partial charge in [0.1, 0.15) is 22.2 Å². The molecule has 2 aromatic rings. The molecule has 0 bridgehead atoms. The number of fused-ring (bicyclic) bond motifs is 1. The van der Waals surface area contributed by atoms with Gasteiger partial charge in [-0.2, -0.15) is 14.4 Å². The van der Waals surface area contributed by atoms with Crippen LogP contribution in [0.2, 0.25) is 0 Å². The predicted octanol–water partition coefficient (Wildman–Crippen LogP) is 2.89. The molecule has 0 aliphatic heterocycles. The molecule has 2 aromatic heterocycles. The number of amides is 1. The molecule has 0 atom stereocenters. The van der Waals surface area contributed by atoms with Crippen LogP contribution in [0.1, 0.15) is 26.3 Å². The summed E-state index contributed by atoms with van der Waals surface area (Å²) in [7, 11) is 0. The Morgan fingerprint density at radius 1 is 1.52 bits per heavy atom. The minimum atomic E-state index is -0.749. The standard InChI is InChI=1S/C13H12FN3O3S/c1-13(2,3)20-12(18)16-11-7(4-15)8-5-17(19)6-9(14)10(8)21-11/h5-6H,1-3H3,(H,16,18). The number of nitriles is 1. The van der Waals surface area contributed by atoms with Gasteiger partial charge in [-0.25, -0.2) is 4.79 Å². The fourth-order valence-corrected chi connectivity index (χ4v) is 2.69. The monoisotopic (exact) mass is 309 g/mol. The van der Waals surface area contributed by atoms with Crippen LogP contribution < -0.4 is 10.0 Å². The quantitative estimate of drug-likeness (QED) is 0.648. The topological polar surface area (TPSA) is 89.1 Å². The minimum absolute atomic E-state index is 0.0324. The first-order valence-corrected chi connectivity index (χ1v) is 6.78. The summed E-state index contributed by atoms with van der Waals surface area (Å²) < 4.78 is 19.2. The van der Waals surface area contributed by atoms with Crippen LogP contribution in [0.5, 0.6) is 0 Å². The molecule has 0 aliphatic rings. The SMILES string of the molecule is CC(C)(C)OC(=O)Nc1sc2c(F)c[n+]([O-])cc2c1C#N. The van der Waals surface area contributed by atoms with Crippen molar-refractivity contribution in [1.29, 1.82) is 5.26 Å². The molecule has 0 saturated heterocycles. The maximum atomic E-state index is 13.7. The molecule has 0 saturated carbocycles. The maximum absolute atomic E-state index is 13.7. The second kappa shape index (κ2) is 5.18. The lowest BCUT2D eigenvalue weighted by Crippen LogP contribution is -2.27. The van der Waals surface area contributed by atoms with Crippen LogP contribution in [-0.4, -0.2) is 11.7 Å². The second-order valence-electron chi connectivity index (χ2n) is 5.25. The van der Waals surface area contributed by atoms with Gasteiger partial charge in [0.05, 0.1) is 10.1 Å². The Labute approximate surface area is 124 Å². The normalized spacial score (nSPS) is 11.2. The van der Waals surface area contributed by atoms with Crippen LogP contribution in [0.3, 0.4) is 0 Å². The molecule has 110 valence electrons. The summed E-state index contributed by atoms with van der Waals surface area (Å²) in [6.45, 7) is 5.09. The number of rotatable bonds is 1. The lowest BCUT2D eigenvalue weighted by atomic mass is 10.2. The van der Waals surface area contributed by atoms with Crippen molar-refractivity contribution in [3.8, 4) is 6.07 Å². The zero-order valence-electron chi connectivity index (χ0n) is 11.6. The number of ether oxygens (including phenoxy) is 1. The number of aromatic nitrogens is 1. The van der Waals surface area contributed by atoms with Crippen molar-refractivity contribution in [3.05, 3.63) is 29.0 Å². The second-order valence-corrected chi connectivity index (χ2v) is 6.27. The number of hydrogen-bond donors (Lipinski definition) is 1. The summed E-state index contributed by atoms with van der Waals surface area (Å²) in [6, 6.07) is 1.86. The third-order valence-corrected chi connectivity index (χ3v) is 3.51. The molecule has 1 amide bonds. The summed E-state index contributed by atoms with van der Waals surface area (Å²) in [5.41, 5.74) is -0.665. The first-order chi connectivity index (χ1) is 9.71. The van der Waals surface area contributed by atoms with Crippen molar-refractivity contribution in [2.75, 3.05) is 5.32 Å². The summed E-state index contributed by atoms with van der Waals surface area (Å²) in [5, 5.41) is 23.1. The average molecular weight is 309 g/mol. The number of halogens is 1. The summed E-state index contributed by atoms with van der Waals surface area (Å²) >= 11 is 0.876. The lowest BCUT2D eigenvalue weighted by Gasteiger charge is -2.19.